The summed E-state index contributed by atoms with van der Waals surface area (Å²) in [6, 6.07) is 7.25. The van der Waals surface area contributed by atoms with Crippen LogP contribution in [-0.4, -0.2) is 21.7 Å². The number of benzene rings is 1. The predicted molar refractivity (Wildman–Crippen MR) is 89.6 cm³/mol. The zero-order valence-electron chi connectivity index (χ0n) is 11.6. The van der Waals surface area contributed by atoms with Gasteiger partial charge in [-0.2, -0.15) is 5.10 Å². The number of nitrogens with two attached hydrogens (primary N) is 1. The molecule has 0 spiro atoms. The van der Waals surface area contributed by atoms with E-state index in [-0.39, 0.29) is 18.3 Å². The maximum Gasteiger partial charge on any atom is 0.240 e. The predicted octanol–water partition coefficient (Wildman–Crippen LogP) is 2.60. The van der Waals surface area contributed by atoms with Gasteiger partial charge in [0, 0.05) is 18.4 Å². The first-order chi connectivity index (χ1) is 9.54. The Hall–Kier alpha value is -1.37. The molecule has 21 heavy (non-hydrogen) atoms. The van der Waals surface area contributed by atoms with Crippen LogP contribution >= 0.6 is 28.3 Å². The second kappa shape index (κ2) is 8.17. The molecule has 3 N–H and O–H groups in total. The fourth-order valence-corrected chi connectivity index (χ4v) is 2.04. The van der Waals surface area contributed by atoms with E-state index in [4.69, 9.17) is 5.73 Å². The van der Waals surface area contributed by atoms with Crippen molar-refractivity contribution in [3.63, 3.8) is 0 Å². The van der Waals surface area contributed by atoms with Crippen LogP contribution in [0.4, 0.5) is 5.69 Å². The summed E-state index contributed by atoms with van der Waals surface area (Å²) in [5.74, 6) is -0.181. The SMILES string of the molecule is C[C@@H](N)C(=O)Nc1ccc(CCn2cc(Br)cn2)cc1.Cl. The number of aromatic nitrogens is 2. The summed E-state index contributed by atoms with van der Waals surface area (Å²) in [6.07, 6.45) is 4.60. The highest BCUT2D eigenvalue weighted by Crippen LogP contribution is 2.12. The Labute approximate surface area is 138 Å². The first kappa shape index (κ1) is 17.7. The van der Waals surface area contributed by atoms with Crippen molar-refractivity contribution in [1.29, 1.82) is 0 Å². The first-order valence-corrected chi connectivity index (χ1v) is 7.17. The van der Waals surface area contributed by atoms with Crippen LogP contribution in [0, 0.1) is 0 Å². The van der Waals surface area contributed by atoms with E-state index in [2.05, 4.69) is 26.3 Å². The van der Waals surface area contributed by atoms with Crippen molar-refractivity contribution < 1.29 is 4.79 Å². The van der Waals surface area contributed by atoms with Crippen LogP contribution in [0.3, 0.4) is 0 Å². The summed E-state index contributed by atoms with van der Waals surface area (Å²) >= 11 is 3.37. The molecule has 0 aliphatic carbocycles. The number of halogens is 2. The van der Waals surface area contributed by atoms with E-state index >= 15 is 0 Å². The minimum absolute atomic E-state index is 0. The Bertz CT molecular complexity index is 583. The van der Waals surface area contributed by atoms with E-state index < -0.39 is 6.04 Å². The van der Waals surface area contributed by atoms with E-state index in [1.54, 1.807) is 13.1 Å². The van der Waals surface area contributed by atoms with Crippen LogP contribution in [0.2, 0.25) is 0 Å². The van der Waals surface area contributed by atoms with Crippen molar-refractivity contribution in [3.05, 3.63) is 46.7 Å². The zero-order valence-corrected chi connectivity index (χ0v) is 14.0. The van der Waals surface area contributed by atoms with Gasteiger partial charge in [0.05, 0.1) is 16.7 Å². The third-order valence-corrected chi connectivity index (χ3v) is 3.28. The van der Waals surface area contributed by atoms with Gasteiger partial charge in [-0.3, -0.25) is 9.48 Å². The summed E-state index contributed by atoms with van der Waals surface area (Å²) in [4.78, 5) is 11.5. The molecular formula is C14H18BrClN4O. The molecule has 0 radical (unpaired) electrons. The molecule has 1 aromatic carbocycles. The van der Waals surface area contributed by atoms with Crippen molar-refractivity contribution in [2.75, 3.05) is 5.32 Å². The van der Waals surface area contributed by atoms with Crippen molar-refractivity contribution in [2.24, 2.45) is 5.73 Å². The van der Waals surface area contributed by atoms with Crippen LogP contribution in [-0.2, 0) is 17.8 Å². The number of nitrogens with one attached hydrogen (secondary N) is 1. The Morgan fingerprint density at radius 3 is 2.62 bits per heavy atom. The average Bonchev–Trinajstić information content (AvgIpc) is 2.83. The van der Waals surface area contributed by atoms with Gasteiger partial charge in [-0.1, -0.05) is 12.1 Å². The third kappa shape index (κ3) is 5.49. The lowest BCUT2D eigenvalue weighted by Gasteiger charge is -2.08. The highest BCUT2D eigenvalue weighted by Gasteiger charge is 2.07. The summed E-state index contributed by atoms with van der Waals surface area (Å²) in [5.41, 5.74) is 7.45. The normalized spacial score (nSPS) is 11.6. The number of anilines is 1. The van der Waals surface area contributed by atoms with E-state index in [1.807, 2.05) is 35.1 Å². The molecule has 0 saturated heterocycles. The van der Waals surface area contributed by atoms with Gasteiger partial charge >= 0.3 is 0 Å². The van der Waals surface area contributed by atoms with Crippen LogP contribution in [0.25, 0.3) is 0 Å². The molecule has 0 bridgehead atoms. The van der Waals surface area contributed by atoms with E-state index in [0.717, 1.165) is 23.1 Å². The highest BCUT2D eigenvalue weighted by atomic mass is 79.9. The molecule has 5 nitrogen and oxygen atoms in total. The van der Waals surface area contributed by atoms with E-state index in [1.165, 1.54) is 5.56 Å². The van der Waals surface area contributed by atoms with Crippen molar-refractivity contribution in [3.8, 4) is 0 Å². The molecular weight excluding hydrogens is 356 g/mol. The van der Waals surface area contributed by atoms with Crippen molar-refractivity contribution in [2.45, 2.75) is 25.9 Å². The molecule has 0 aliphatic rings. The number of carbonyl (C=O) groups is 1. The summed E-state index contributed by atoms with van der Waals surface area (Å²) in [6.45, 7) is 2.48. The Morgan fingerprint density at radius 1 is 1.43 bits per heavy atom. The lowest BCUT2D eigenvalue weighted by Crippen LogP contribution is -2.32. The largest absolute Gasteiger partial charge is 0.325 e. The van der Waals surface area contributed by atoms with E-state index in [0.29, 0.717) is 0 Å². The molecule has 1 heterocycles. The maximum absolute atomic E-state index is 11.5. The van der Waals surface area contributed by atoms with Crippen LogP contribution < -0.4 is 11.1 Å². The molecule has 0 fully saturated rings. The number of nitrogens with zero attached hydrogens (tertiary/aromatic N) is 2. The molecule has 1 amide bonds. The average molecular weight is 374 g/mol. The number of hydrogen-bond acceptors (Lipinski definition) is 3. The minimum atomic E-state index is -0.507. The van der Waals surface area contributed by atoms with Gasteiger partial charge in [0.1, 0.15) is 0 Å². The van der Waals surface area contributed by atoms with Crippen LogP contribution in [0.5, 0.6) is 0 Å². The topological polar surface area (TPSA) is 72.9 Å². The minimum Gasteiger partial charge on any atom is -0.325 e. The van der Waals surface area contributed by atoms with Gasteiger partial charge in [-0.05, 0) is 47.0 Å². The number of rotatable bonds is 5. The molecule has 114 valence electrons. The smallest absolute Gasteiger partial charge is 0.240 e. The van der Waals surface area contributed by atoms with Crippen LogP contribution in [0.15, 0.2) is 41.1 Å². The second-order valence-electron chi connectivity index (χ2n) is 4.65. The Balaban J connectivity index is 0.00000220. The molecule has 1 aromatic heterocycles. The van der Waals surface area contributed by atoms with E-state index in [9.17, 15) is 4.79 Å². The molecule has 0 unspecified atom stereocenters. The highest BCUT2D eigenvalue weighted by molar-refractivity contribution is 9.10. The fourth-order valence-electron chi connectivity index (χ4n) is 1.72. The number of aryl methyl sites for hydroxylation is 2. The summed E-state index contributed by atoms with van der Waals surface area (Å²) in [7, 11) is 0. The first-order valence-electron chi connectivity index (χ1n) is 6.38. The Morgan fingerprint density at radius 2 is 2.10 bits per heavy atom. The lowest BCUT2D eigenvalue weighted by atomic mass is 10.1. The Kier molecular flexibility index (Phi) is 6.87. The van der Waals surface area contributed by atoms with Gasteiger partial charge in [0.15, 0.2) is 0 Å². The number of amides is 1. The monoisotopic (exact) mass is 372 g/mol. The molecule has 0 aliphatic heterocycles. The standard InChI is InChI=1S/C14H17BrN4O.ClH/c1-10(16)14(20)18-13-4-2-11(3-5-13)6-7-19-9-12(15)8-17-19;/h2-5,8-10H,6-7,16H2,1H3,(H,18,20);1H/t10-;/m1./s1. The van der Waals surface area contributed by atoms with Gasteiger partial charge < -0.3 is 11.1 Å². The lowest BCUT2D eigenvalue weighted by molar-refractivity contribution is -0.117. The van der Waals surface area contributed by atoms with Gasteiger partial charge in [0.25, 0.3) is 0 Å². The van der Waals surface area contributed by atoms with Gasteiger partial charge in [0.2, 0.25) is 5.91 Å². The van der Waals surface area contributed by atoms with Crippen molar-refractivity contribution in [1.82, 2.24) is 9.78 Å². The van der Waals surface area contributed by atoms with Gasteiger partial charge in [-0.25, -0.2) is 0 Å². The molecule has 2 rings (SSSR count). The number of hydrogen-bond donors (Lipinski definition) is 2. The maximum atomic E-state index is 11.5. The molecule has 0 saturated carbocycles. The van der Waals surface area contributed by atoms with Gasteiger partial charge in [-0.15, -0.1) is 12.4 Å². The molecule has 7 heteroatoms. The quantitative estimate of drug-likeness (QED) is 0.846. The zero-order chi connectivity index (χ0) is 14.5. The molecule has 2 aromatic rings. The third-order valence-electron chi connectivity index (χ3n) is 2.87. The van der Waals surface area contributed by atoms with Crippen molar-refractivity contribution >= 4 is 39.9 Å². The van der Waals surface area contributed by atoms with Crippen LogP contribution in [0.1, 0.15) is 12.5 Å². The fraction of sp³-hybridized carbons (Fsp3) is 0.286. The summed E-state index contributed by atoms with van der Waals surface area (Å²) in [5, 5.41) is 6.96. The second-order valence-corrected chi connectivity index (χ2v) is 5.56. The molecule has 1 atom stereocenters. The number of carbonyl (C=O) groups excluding carboxylic acids is 1. The summed E-state index contributed by atoms with van der Waals surface area (Å²) < 4.78 is 2.86.